The van der Waals surface area contributed by atoms with Crippen molar-refractivity contribution in [1.29, 1.82) is 0 Å². The Kier molecular flexibility index (Phi) is 6.19. The fourth-order valence-electron chi connectivity index (χ4n) is 2.71. The molecule has 0 saturated carbocycles. The van der Waals surface area contributed by atoms with E-state index in [0.29, 0.717) is 29.3 Å². The van der Waals surface area contributed by atoms with E-state index in [1.807, 2.05) is 30.3 Å². The number of hydrogen-bond acceptors (Lipinski definition) is 4. The molecule has 0 fully saturated rings. The van der Waals surface area contributed by atoms with Crippen molar-refractivity contribution in [3.05, 3.63) is 83.9 Å². The number of carbonyl (C=O) groups excluding carboxylic acids is 1. The van der Waals surface area contributed by atoms with E-state index in [4.69, 9.17) is 4.74 Å². The Hall–Kier alpha value is -3.32. The van der Waals surface area contributed by atoms with Gasteiger partial charge in [0, 0.05) is 18.3 Å². The zero-order valence-corrected chi connectivity index (χ0v) is 17.0. The molecule has 3 aromatic carbocycles. The number of aryl methyl sites for hydroxylation is 1. The number of sulfonamides is 1. The van der Waals surface area contributed by atoms with E-state index in [1.165, 1.54) is 19.1 Å². The lowest BCUT2D eigenvalue weighted by Gasteiger charge is -2.12. The zero-order chi connectivity index (χ0) is 20.9. The van der Waals surface area contributed by atoms with Crippen LogP contribution in [0.5, 0.6) is 5.75 Å². The average Bonchev–Trinajstić information content (AvgIpc) is 2.69. The lowest BCUT2D eigenvalue weighted by atomic mass is 10.2. The van der Waals surface area contributed by atoms with Crippen LogP contribution in [-0.4, -0.2) is 14.3 Å². The van der Waals surface area contributed by atoms with E-state index in [9.17, 15) is 13.2 Å². The maximum Gasteiger partial charge on any atom is 0.261 e. The van der Waals surface area contributed by atoms with E-state index in [2.05, 4.69) is 10.0 Å². The molecule has 3 aromatic rings. The average molecular weight is 410 g/mol. The van der Waals surface area contributed by atoms with Crippen molar-refractivity contribution in [2.75, 3.05) is 10.0 Å². The lowest BCUT2D eigenvalue weighted by molar-refractivity contribution is -0.114. The van der Waals surface area contributed by atoms with Gasteiger partial charge in [-0.05, 0) is 60.5 Å². The molecule has 29 heavy (non-hydrogen) atoms. The van der Waals surface area contributed by atoms with Crippen LogP contribution in [0.3, 0.4) is 0 Å². The molecular weight excluding hydrogens is 388 g/mol. The number of carbonyl (C=O) groups is 1. The van der Waals surface area contributed by atoms with Crippen LogP contribution in [0.25, 0.3) is 0 Å². The molecular formula is C22H22N2O4S. The molecule has 0 aliphatic rings. The highest BCUT2D eigenvalue weighted by Gasteiger charge is 2.16. The van der Waals surface area contributed by atoms with E-state index in [-0.39, 0.29) is 10.8 Å². The predicted molar refractivity (Wildman–Crippen MR) is 114 cm³/mol. The topological polar surface area (TPSA) is 84.5 Å². The number of nitrogens with one attached hydrogen (secondary N) is 2. The van der Waals surface area contributed by atoms with Crippen molar-refractivity contribution in [2.24, 2.45) is 0 Å². The lowest BCUT2D eigenvalue weighted by Crippen LogP contribution is -2.14. The predicted octanol–water partition coefficient (Wildman–Crippen LogP) is 4.33. The number of amides is 1. The molecule has 7 heteroatoms. The molecule has 0 saturated heterocycles. The number of benzene rings is 3. The molecule has 0 bridgehead atoms. The van der Waals surface area contributed by atoms with Crippen LogP contribution in [0, 0.1) is 6.92 Å². The fourth-order valence-corrected chi connectivity index (χ4v) is 3.85. The van der Waals surface area contributed by atoms with Crippen LogP contribution >= 0.6 is 0 Å². The molecule has 6 nitrogen and oxygen atoms in total. The summed E-state index contributed by atoms with van der Waals surface area (Å²) >= 11 is 0. The van der Waals surface area contributed by atoms with Crippen molar-refractivity contribution < 1.29 is 17.9 Å². The quantitative estimate of drug-likeness (QED) is 0.607. The van der Waals surface area contributed by atoms with Crippen molar-refractivity contribution in [2.45, 2.75) is 25.3 Å². The highest BCUT2D eigenvalue weighted by Crippen LogP contribution is 2.23. The first-order chi connectivity index (χ1) is 13.8. The highest BCUT2D eigenvalue weighted by atomic mass is 32.2. The van der Waals surface area contributed by atoms with Crippen LogP contribution < -0.4 is 14.8 Å². The summed E-state index contributed by atoms with van der Waals surface area (Å²) in [6.07, 6.45) is 0. The third-order valence-corrected chi connectivity index (χ3v) is 5.55. The third kappa shape index (κ3) is 5.58. The molecule has 150 valence electrons. The van der Waals surface area contributed by atoms with E-state index >= 15 is 0 Å². The Balaban J connectivity index is 1.67. The second-order valence-corrected chi connectivity index (χ2v) is 8.24. The summed E-state index contributed by atoms with van der Waals surface area (Å²) in [6.45, 7) is 3.58. The van der Waals surface area contributed by atoms with Crippen molar-refractivity contribution in [1.82, 2.24) is 0 Å². The summed E-state index contributed by atoms with van der Waals surface area (Å²) < 4.78 is 33.6. The molecule has 0 heterocycles. The van der Waals surface area contributed by atoms with Gasteiger partial charge in [-0.2, -0.15) is 0 Å². The highest BCUT2D eigenvalue weighted by molar-refractivity contribution is 7.92. The van der Waals surface area contributed by atoms with Gasteiger partial charge in [0.25, 0.3) is 10.0 Å². The Labute approximate surface area is 170 Å². The number of ether oxygens (including phenoxy) is 1. The van der Waals surface area contributed by atoms with Gasteiger partial charge in [-0.3, -0.25) is 9.52 Å². The van der Waals surface area contributed by atoms with Gasteiger partial charge in [-0.15, -0.1) is 0 Å². The Morgan fingerprint density at radius 2 is 1.66 bits per heavy atom. The minimum absolute atomic E-state index is 0.119. The first-order valence-electron chi connectivity index (χ1n) is 9.01. The molecule has 3 rings (SSSR count). The molecule has 1 amide bonds. The van der Waals surface area contributed by atoms with E-state index < -0.39 is 10.0 Å². The van der Waals surface area contributed by atoms with Crippen LogP contribution in [0.1, 0.15) is 18.1 Å². The Morgan fingerprint density at radius 1 is 0.966 bits per heavy atom. The summed E-state index contributed by atoms with van der Waals surface area (Å²) in [6, 6.07) is 21.1. The van der Waals surface area contributed by atoms with E-state index in [1.54, 1.807) is 37.3 Å². The molecule has 2 N–H and O–H groups in total. The van der Waals surface area contributed by atoms with Crippen LogP contribution in [-0.2, 0) is 21.4 Å². The molecule has 0 aromatic heterocycles. The van der Waals surface area contributed by atoms with Crippen molar-refractivity contribution >= 4 is 27.3 Å². The third-order valence-electron chi connectivity index (χ3n) is 4.17. The first-order valence-corrected chi connectivity index (χ1v) is 10.5. The van der Waals surface area contributed by atoms with Gasteiger partial charge in [0.2, 0.25) is 5.91 Å². The maximum absolute atomic E-state index is 12.7. The minimum atomic E-state index is -3.75. The first kappa shape index (κ1) is 20.4. The van der Waals surface area contributed by atoms with Crippen LogP contribution in [0.4, 0.5) is 11.4 Å². The van der Waals surface area contributed by atoms with Crippen LogP contribution in [0.2, 0.25) is 0 Å². The molecule has 0 radical (unpaired) electrons. The zero-order valence-electron chi connectivity index (χ0n) is 16.2. The van der Waals surface area contributed by atoms with Crippen molar-refractivity contribution in [3.8, 4) is 5.75 Å². The fraction of sp³-hybridized carbons (Fsp3) is 0.136. The Morgan fingerprint density at radius 3 is 2.28 bits per heavy atom. The van der Waals surface area contributed by atoms with Gasteiger partial charge in [-0.1, -0.05) is 30.3 Å². The standard InChI is InChI=1S/C22H22N2O4S/c1-16-14-21(12-13-22(16)23-17(2)25)29(26,27)24-19-8-10-20(11-9-19)28-15-18-6-4-3-5-7-18/h3-14,24H,15H2,1-2H3,(H,23,25). The molecule has 0 aliphatic heterocycles. The molecule has 0 unspecified atom stereocenters. The van der Waals surface area contributed by atoms with Crippen molar-refractivity contribution in [3.63, 3.8) is 0 Å². The smallest absolute Gasteiger partial charge is 0.261 e. The summed E-state index contributed by atoms with van der Waals surface area (Å²) in [7, 11) is -3.75. The normalized spacial score (nSPS) is 11.0. The summed E-state index contributed by atoms with van der Waals surface area (Å²) in [5, 5.41) is 2.66. The second kappa shape index (κ2) is 8.79. The van der Waals surface area contributed by atoms with E-state index in [0.717, 1.165) is 5.56 Å². The van der Waals surface area contributed by atoms with Gasteiger partial charge in [-0.25, -0.2) is 8.42 Å². The Bertz CT molecular complexity index is 1100. The number of anilines is 2. The molecule has 0 atom stereocenters. The molecule has 0 spiro atoms. The summed E-state index contributed by atoms with van der Waals surface area (Å²) in [5.41, 5.74) is 2.72. The SMILES string of the molecule is CC(=O)Nc1ccc(S(=O)(=O)Nc2ccc(OCc3ccccc3)cc2)cc1C. The summed E-state index contributed by atoms with van der Waals surface area (Å²) in [5.74, 6) is 0.434. The largest absolute Gasteiger partial charge is 0.489 e. The monoisotopic (exact) mass is 410 g/mol. The number of rotatable bonds is 7. The van der Waals surface area contributed by atoms with Gasteiger partial charge in [0.1, 0.15) is 12.4 Å². The van der Waals surface area contributed by atoms with Gasteiger partial charge in [0.15, 0.2) is 0 Å². The maximum atomic E-state index is 12.7. The van der Waals surface area contributed by atoms with Gasteiger partial charge < -0.3 is 10.1 Å². The van der Waals surface area contributed by atoms with Gasteiger partial charge >= 0.3 is 0 Å². The van der Waals surface area contributed by atoms with Gasteiger partial charge in [0.05, 0.1) is 4.90 Å². The number of hydrogen-bond donors (Lipinski definition) is 2. The minimum Gasteiger partial charge on any atom is -0.489 e. The summed E-state index contributed by atoms with van der Waals surface area (Å²) in [4.78, 5) is 11.3. The second-order valence-electron chi connectivity index (χ2n) is 6.56. The molecule has 0 aliphatic carbocycles. The van der Waals surface area contributed by atoms with Crippen LogP contribution in [0.15, 0.2) is 77.7 Å².